The quantitative estimate of drug-likeness (QED) is 0.562. The van der Waals surface area contributed by atoms with Crippen molar-refractivity contribution in [1.29, 1.82) is 0 Å². The Kier molecular flexibility index (Phi) is 3.72. The summed E-state index contributed by atoms with van der Waals surface area (Å²) in [5.74, 6) is 5.77. The number of pyridine rings is 1. The fraction of sp³-hybridized carbons (Fsp3) is 0.118. The Morgan fingerprint density at radius 2 is 1.85 bits per heavy atom. The average Bonchev–Trinajstić information content (AvgIpc) is 2.53. The van der Waals surface area contributed by atoms with Crippen molar-refractivity contribution in [3.8, 4) is 0 Å². The minimum Gasteiger partial charge on any atom is -0.271 e. The molecule has 1 aromatic heterocycles. The summed E-state index contributed by atoms with van der Waals surface area (Å²) in [6.07, 6.45) is 4.49. The molecule has 0 amide bonds. The summed E-state index contributed by atoms with van der Waals surface area (Å²) in [7, 11) is 0. The molecule has 1 atom stereocenters. The van der Waals surface area contributed by atoms with Crippen LogP contribution in [0.3, 0.4) is 0 Å². The lowest BCUT2D eigenvalue weighted by Gasteiger charge is -2.18. The highest BCUT2D eigenvalue weighted by Crippen LogP contribution is 2.26. The fourth-order valence-electron chi connectivity index (χ4n) is 2.57. The molecular formula is C17H17N3. The van der Waals surface area contributed by atoms with Crippen molar-refractivity contribution in [2.75, 3.05) is 0 Å². The van der Waals surface area contributed by atoms with Crippen LogP contribution in [0.15, 0.2) is 67.0 Å². The van der Waals surface area contributed by atoms with Crippen molar-refractivity contribution in [2.24, 2.45) is 5.84 Å². The maximum Gasteiger partial charge on any atom is 0.0506 e. The molecule has 0 radical (unpaired) electrons. The van der Waals surface area contributed by atoms with E-state index >= 15 is 0 Å². The third-order valence-electron chi connectivity index (χ3n) is 3.56. The molecule has 0 aliphatic heterocycles. The summed E-state index contributed by atoms with van der Waals surface area (Å²) in [6, 6.07) is 18.8. The first-order chi connectivity index (χ1) is 9.88. The zero-order valence-electron chi connectivity index (χ0n) is 11.2. The molecule has 3 nitrogen and oxygen atoms in total. The van der Waals surface area contributed by atoms with Crippen LogP contribution in [-0.4, -0.2) is 4.98 Å². The molecule has 100 valence electrons. The molecule has 1 heterocycles. The molecule has 0 aliphatic rings. The van der Waals surface area contributed by atoms with Gasteiger partial charge in [-0.25, -0.2) is 0 Å². The van der Waals surface area contributed by atoms with Gasteiger partial charge < -0.3 is 0 Å². The van der Waals surface area contributed by atoms with Crippen LogP contribution in [0.1, 0.15) is 17.2 Å². The number of nitrogens with two attached hydrogens (primary N) is 1. The van der Waals surface area contributed by atoms with Gasteiger partial charge in [-0.15, -0.1) is 0 Å². The topological polar surface area (TPSA) is 50.9 Å². The molecule has 0 spiro atoms. The standard InChI is InChI=1S/C17H17N3/c18-20-17(11-13-5-4-10-19-12-13)16-9-3-7-14-6-1-2-8-15(14)16/h1-10,12,17,20H,11,18H2. The van der Waals surface area contributed by atoms with Gasteiger partial charge in [-0.3, -0.25) is 16.3 Å². The number of rotatable bonds is 4. The molecule has 0 bridgehead atoms. The predicted molar refractivity (Wildman–Crippen MR) is 82.0 cm³/mol. The van der Waals surface area contributed by atoms with Crippen LogP contribution < -0.4 is 11.3 Å². The first-order valence-corrected chi connectivity index (χ1v) is 6.71. The molecule has 3 rings (SSSR count). The Morgan fingerprint density at radius 1 is 1.00 bits per heavy atom. The number of nitrogens with one attached hydrogen (secondary N) is 1. The summed E-state index contributed by atoms with van der Waals surface area (Å²) in [6.45, 7) is 0. The van der Waals surface area contributed by atoms with E-state index in [2.05, 4.69) is 58.9 Å². The van der Waals surface area contributed by atoms with E-state index in [9.17, 15) is 0 Å². The second-order valence-corrected chi connectivity index (χ2v) is 4.85. The van der Waals surface area contributed by atoms with E-state index in [-0.39, 0.29) is 6.04 Å². The van der Waals surface area contributed by atoms with E-state index < -0.39 is 0 Å². The van der Waals surface area contributed by atoms with Gasteiger partial charge in [0.05, 0.1) is 6.04 Å². The largest absolute Gasteiger partial charge is 0.271 e. The number of nitrogens with zero attached hydrogens (tertiary/aromatic N) is 1. The van der Waals surface area contributed by atoms with E-state index in [0.29, 0.717) is 0 Å². The van der Waals surface area contributed by atoms with Gasteiger partial charge in [-0.05, 0) is 34.4 Å². The molecule has 2 aromatic carbocycles. The lowest BCUT2D eigenvalue weighted by atomic mass is 9.95. The van der Waals surface area contributed by atoms with Gasteiger partial charge in [0.1, 0.15) is 0 Å². The molecule has 0 fully saturated rings. The third-order valence-corrected chi connectivity index (χ3v) is 3.56. The van der Waals surface area contributed by atoms with Crippen LogP contribution in [0, 0.1) is 0 Å². The number of benzene rings is 2. The zero-order chi connectivity index (χ0) is 13.8. The minimum absolute atomic E-state index is 0.0744. The van der Waals surface area contributed by atoms with Gasteiger partial charge in [0.15, 0.2) is 0 Å². The maximum absolute atomic E-state index is 5.77. The molecule has 0 saturated heterocycles. The van der Waals surface area contributed by atoms with Gasteiger partial charge in [-0.1, -0.05) is 48.5 Å². The van der Waals surface area contributed by atoms with Gasteiger partial charge in [0, 0.05) is 12.4 Å². The highest BCUT2D eigenvalue weighted by molar-refractivity contribution is 5.86. The van der Waals surface area contributed by atoms with Crippen LogP contribution in [0.4, 0.5) is 0 Å². The Hall–Kier alpha value is -2.23. The van der Waals surface area contributed by atoms with Crippen molar-refractivity contribution in [3.05, 3.63) is 78.1 Å². The molecule has 20 heavy (non-hydrogen) atoms. The van der Waals surface area contributed by atoms with Crippen molar-refractivity contribution in [3.63, 3.8) is 0 Å². The van der Waals surface area contributed by atoms with E-state index in [1.165, 1.54) is 21.9 Å². The van der Waals surface area contributed by atoms with Crippen molar-refractivity contribution in [2.45, 2.75) is 12.5 Å². The number of hydrogen-bond acceptors (Lipinski definition) is 3. The van der Waals surface area contributed by atoms with Gasteiger partial charge >= 0.3 is 0 Å². The summed E-state index contributed by atoms with van der Waals surface area (Å²) in [5.41, 5.74) is 5.32. The summed E-state index contributed by atoms with van der Waals surface area (Å²) in [5, 5.41) is 2.47. The molecule has 3 aromatic rings. The number of aromatic nitrogens is 1. The maximum atomic E-state index is 5.77. The van der Waals surface area contributed by atoms with E-state index in [1.54, 1.807) is 6.20 Å². The Balaban J connectivity index is 1.99. The minimum atomic E-state index is 0.0744. The first-order valence-electron chi connectivity index (χ1n) is 6.71. The molecule has 3 N–H and O–H groups in total. The lowest BCUT2D eigenvalue weighted by molar-refractivity contribution is 0.555. The highest BCUT2D eigenvalue weighted by Gasteiger charge is 2.13. The van der Waals surface area contributed by atoms with Gasteiger partial charge in [0.2, 0.25) is 0 Å². The Bertz CT molecular complexity index is 689. The van der Waals surface area contributed by atoms with E-state index in [4.69, 9.17) is 5.84 Å². The average molecular weight is 263 g/mol. The second-order valence-electron chi connectivity index (χ2n) is 4.85. The van der Waals surface area contributed by atoms with E-state index in [1.807, 2.05) is 12.3 Å². The van der Waals surface area contributed by atoms with Crippen LogP contribution in [0.2, 0.25) is 0 Å². The summed E-state index contributed by atoms with van der Waals surface area (Å²) in [4.78, 5) is 4.16. The van der Waals surface area contributed by atoms with Crippen molar-refractivity contribution >= 4 is 10.8 Å². The number of hydrazine groups is 1. The van der Waals surface area contributed by atoms with Crippen LogP contribution >= 0.6 is 0 Å². The van der Waals surface area contributed by atoms with Crippen LogP contribution in [0.25, 0.3) is 10.8 Å². The number of fused-ring (bicyclic) bond motifs is 1. The summed E-state index contributed by atoms with van der Waals surface area (Å²) >= 11 is 0. The van der Waals surface area contributed by atoms with Gasteiger partial charge in [-0.2, -0.15) is 0 Å². The Morgan fingerprint density at radius 3 is 2.65 bits per heavy atom. The monoisotopic (exact) mass is 263 g/mol. The molecule has 0 aliphatic carbocycles. The van der Waals surface area contributed by atoms with Crippen molar-refractivity contribution < 1.29 is 0 Å². The fourth-order valence-corrected chi connectivity index (χ4v) is 2.57. The van der Waals surface area contributed by atoms with Crippen molar-refractivity contribution in [1.82, 2.24) is 10.4 Å². The van der Waals surface area contributed by atoms with Crippen LogP contribution in [-0.2, 0) is 6.42 Å². The second kappa shape index (κ2) is 5.82. The third kappa shape index (κ3) is 2.54. The van der Waals surface area contributed by atoms with Gasteiger partial charge in [0.25, 0.3) is 0 Å². The predicted octanol–water partition coefficient (Wildman–Crippen LogP) is 2.98. The molecular weight excluding hydrogens is 246 g/mol. The smallest absolute Gasteiger partial charge is 0.0506 e. The first kappa shape index (κ1) is 12.8. The number of hydrogen-bond donors (Lipinski definition) is 2. The van der Waals surface area contributed by atoms with Crippen LogP contribution in [0.5, 0.6) is 0 Å². The summed E-state index contributed by atoms with van der Waals surface area (Å²) < 4.78 is 0. The zero-order valence-corrected chi connectivity index (χ0v) is 11.2. The highest BCUT2D eigenvalue weighted by atomic mass is 15.2. The Labute approximate surface area is 118 Å². The molecule has 0 saturated carbocycles. The van der Waals surface area contributed by atoms with E-state index in [0.717, 1.165) is 6.42 Å². The lowest BCUT2D eigenvalue weighted by Crippen LogP contribution is -2.29. The molecule has 1 unspecified atom stereocenters. The molecule has 3 heteroatoms. The normalized spacial score (nSPS) is 12.4. The SMILES string of the molecule is NNC(Cc1cccnc1)c1cccc2ccccc12.